The lowest BCUT2D eigenvalue weighted by Crippen LogP contribution is -2.21. The molecule has 2 aromatic carbocycles. The summed E-state index contributed by atoms with van der Waals surface area (Å²) in [5.41, 5.74) is 5.10. The molecular weight excluding hydrogens is 376 g/mol. The van der Waals surface area contributed by atoms with Crippen molar-refractivity contribution in [3.05, 3.63) is 60.3 Å². The van der Waals surface area contributed by atoms with Crippen molar-refractivity contribution in [1.29, 1.82) is 0 Å². The molecule has 6 heteroatoms. The van der Waals surface area contributed by atoms with Crippen molar-refractivity contribution >= 4 is 5.69 Å². The second kappa shape index (κ2) is 8.81. The highest BCUT2D eigenvalue weighted by molar-refractivity contribution is 5.69. The first kappa shape index (κ1) is 20.3. The number of aliphatic hydroxyl groups is 1. The highest BCUT2D eigenvalue weighted by atomic mass is 16.5. The predicted molar refractivity (Wildman–Crippen MR) is 120 cm³/mol. The van der Waals surface area contributed by atoms with Crippen LogP contribution in [0.1, 0.15) is 12.0 Å². The van der Waals surface area contributed by atoms with Gasteiger partial charge in [0.15, 0.2) is 5.82 Å². The number of methoxy groups -OCH3 is 1. The van der Waals surface area contributed by atoms with Crippen molar-refractivity contribution < 1.29 is 9.84 Å². The normalized spacial score (nSPS) is 16.6. The third kappa shape index (κ3) is 4.45. The first-order valence-corrected chi connectivity index (χ1v) is 10.2. The molecule has 2 heterocycles. The number of benzene rings is 2. The SMILES string of the molecule is COc1ccc(CN2CC[C@H](O)C2)cc1-c1nccc(-c2ccc(N(C)C)cc2)n1. The number of rotatable bonds is 6. The Morgan fingerprint density at radius 3 is 2.60 bits per heavy atom. The molecule has 1 atom stereocenters. The molecule has 1 N–H and O–H groups in total. The van der Waals surface area contributed by atoms with Crippen LogP contribution in [0.2, 0.25) is 0 Å². The second-order valence-electron chi connectivity index (χ2n) is 7.92. The van der Waals surface area contributed by atoms with Crippen LogP contribution in [-0.4, -0.2) is 60.4 Å². The Hall–Kier alpha value is -2.96. The summed E-state index contributed by atoms with van der Waals surface area (Å²) in [6.45, 7) is 2.42. The van der Waals surface area contributed by atoms with E-state index in [1.165, 1.54) is 0 Å². The summed E-state index contributed by atoms with van der Waals surface area (Å²) in [7, 11) is 5.72. The van der Waals surface area contributed by atoms with Crippen LogP contribution in [0.5, 0.6) is 5.75 Å². The standard InChI is InChI=1S/C24H28N4O2/c1-27(2)19-7-5-18(6-8-19)22-10-12-25-24(26-22)21-14-17(4-9-23(21)30-3)15-28-13-11-20(29)16-28/h4-10,12,14,20,29H,11,13,15-16H2,1-3H3/t20-/m0/s1. The quantitative estimate of drug-likeness (QED) is 0.679. The maximum Gasteiger partial charge on any atom is 0.163 e. The fourth-order valence-corrected chi connectivity index (χ4v) is 3.82. The summed E-state index contributed by atoms with van der Waals surface area (Å²) in [4.78, 5) is 13.7. The Morgan fingerprint density at radius 2 is 1.93 bits per heavy atom. The number of ether oxygens (including phenoxy) is 1. The van der Waals surface area contributed by atoms with E-state index in [1.807, 2.05) is 26.2 Å². The van der Waals surface area contributed by atoms with Gasteiger partial charge >= 0.3 is 0 Å². The van der Waals surface area contributed by atoms with Crippen molar-refractivity contribution in [1.82, 2.24) is 14.9 Å². The molecule has 0 bridgehead atoms. The maximum atomic E-state index is 9.79. The summed E-state index contributed by atoms with van der Waals surface area (Å²) < 4.78 is 5.59. The van der Waals surface area contributed by atoms with E-state index in [-0.39, 0.29) is 6.10 Å². The molecule has 0 unspecified atom stereocenters. The molecule has 1 aromatic heterocycles. The van der Waals surface area contributed by atoms with Crippen LogP contribution in [0.15, 0.2) is 54.7 Å². The molecule has 1 fully saturated rings. The van der Waals surface area contributed by atoms with Gasteiger partial charge in [0.1, 0.15) is 5.75 Å². The van der Waals surface area contributed by atoms with Crippen molar-refractivity contribution in [2.45, 2.75) is 19.1 Å². The van der Waals surface area contributed by atoms with Gasteiger partial charge in [-0.05, 0) is 42.3 Å². The molecular formula is C24H28N4O2. The lowest BCUT2D eigenvalue weighted by molar-refractivity contribution is 0.175. The highest BCUT2D eigenvalue weighted by Crippen LogP contribution is 2.31. The van der Waals surface area contributed by atoms with Crippen LogP contribution in [0.4, 0.5) is 5.69 Å². The van der Waals surface area contributed by atoms with E-state index in [0.717, 1.165) is 59.9 Å². The van der Waals surface area contributed by atoms with Crippen molar-refractivity contribution in [2.24, 2.45) is 0 Å². The first-order chi connectivity index (χ1) is 14.5. The van der Waals surface area contributed by atoms with Gasteiger partial charge in [0.05, 0.1) is 24.5 Å². The number of nitrogens with zero attached hydrogens (tertiary/aromatic N) is 4. The number of hydrogen-bond acceptors (Lipinski definition) is 6. The topological polar surface area (TPSA) is 61.7 Å². The lowest BCUT2D eigenvalue weighted by atomic mass is 10.1. The largest absolute Gasteiger partial charge is 0.496 e. The van der Waals surface area contributed by atoms with Crippen molar-refractivity contribution in [3.8, 4) is 28.4 Å². The van der Waals surface area contributed by atoms with E-state index in [2.05, 4.69) is 51.2 Å². The van der Waals surface area contributed by atoms with Crippen LogP contribution < -0.4 is 9.64 Å². The van der Waals surface area contributed by atoms with Gasteiger partial charge in [0.2, 0.25) is 0 Å². The average Bonchev–Trinajstić information content (AvgIpc) is 3.18. The van der Waals surface area contributed by atoms with E-state index in [1.54, 1.807) is 13.3 Å². The van der Waals surface area contributed by atoms with Gasteiger partial charge in [-0.2, -0.15) is 0 Å². The third-order valence-corrected chi connectivity index (χ3v) is 5.49. The Kier molecular flexibility index (Phi) is 5.97. The Morgan fingerprint density at radius 1 is 1.13 bits per heavy atom. The van der Waals surface area contributed by atoms with Crippen LogP contribution in [-0.2, 0) is 6.54 Å². The van der Waals surface area contributed by atoms with Crippen LogP contribution in [0.25, 0.3) is 22.6 Å². The molecule has 6 nitrogen and oxygen atoms in total. The van der Waals surface area contributed by atoms with E-state index >= 15 is 0 Å². The molecule has 1 aliphatic heterocycles. The highest BCUT2D eigenvalue weighted by Gasteiger charge is 2.20. The van der Waals surface area contributed by atoms with E-state index < -0.39 is 0 Å². The van der Waals surface area contributed by atoms with Gasteiger partial charge in [0, 0.05) is 51.2 Å². The lowest BCUT2D eigenvalue weighted by Gasteiger charge is -2.17. The third-order valence-electron chi connectivity index (χ3n) is 5.49. The second-order valence-corrected chi connectivity index (χ2v) is 7.92. The maximum absolute atomic E-state index is 9.79. The smallest absolute Gasteiger partial charge is 0.163 e. The monoisotopic (exact) mass is 404 g/mol. The zero-order valence-electron chi connectivity index (χ0n) is 17.7. The number of anilines is 1. The molecule has 0 amide bonds. The molecule has 156 valence electrons. The minimum Gasteiger partial charge on any atom is -0.496 e. The Bertz CT molecular complexity index is 1000. The molecule has 30 heavy (non-hydrogen) atoms. The predicted octanol–water partition coefficient (Wildman–Crippen LogP) is 3.45. The molecule has 4 rings (SSSR count). The minimum absolute atomic E-state index is 0.221. The van der Waals surface area contributed by atoms with E-state index in [4.69, 9.17) is 9.72 Å². The minimum atomic E-state index is -0.221. The Balaban J connectivity index is 1.64. The molecule has 0 radical (unpaired) electrons. The molecule has 0 aliphatic carbocycles. The molecule has 1 aliphatic rings. The number of likely N-dealkylation sites (tertiary alicyclic amines) is 1. The van der Waals surface area contributed by atoms with Gasteiger partial charge in [-0.25, -0.2) is 9.97 Å². The van der Waals surface area contributed by atoms with Gasteiger partial charge in [0.25, 0.3) is 0 Å². The Labute approximate surface area is 177 Å². The fourth-order valence-electron chi connectivity index (χ4n) is 3.82. The zero-order chi connectivity index (χ0) is 21.1. The van der Waals surface area contributed by atoms with Crippen molar-refractivity contribution in [3.63, 3.8) is 0 Å². The first-order valence-electron chi connectivity index (χ1n) is 10.2. The number of aromatic nitrogens is 2. The van der Waals surface area contributed by atoms with Crippen LogP contribution in [0, 0.1) is 0 Å². The zero-order valence-corrected chi connectivity index (χ0v) is 17.7. The van der Waals surface area contributed by atoms with Crippen molar-refractivity contribution in [2.75, 3.05) is 39.2 Å². The van der Waals surface area contributed by atoms with E-state index in [0.29, 0.717) is 5.82 Å². The number of hydrogen-bond donors (Lipinski definition) is 1. The summed E-state index contributed by atoms with van der Waals surface area (Å²) in [6.07, 6.45) is 2.41. The van der Waals surface area contributed by atoms with Crippen LogP contribution in [0.3, 0.4) is 0 Å². The van der Waals surface area contributed by atoms with Gasteiger partial charge in [-0.15, -0.1) is 0 Å². The van der Waals surface area contributed by atoms with Gasteiger partial charge < -0.3 is 14.7 Å². The number of β-amino-alcohol motifs (C(OH)–C–C–N with tert-alkyl or cyclic N) is 1. The summed E-state index contributed by atoms with van der Waals surface area (Å²) in [5.74, 6) is 1.39. The molecule has 0 saturated carbocycles. The number of aliphatic hydroxyl groups excluding tert-OH is 1. The van der Waals surface area contributed by atoms with Gasteiger partial charge in [-0.3, -0.25) is 4.90 Å². The average molecular weight is 405 g/mol. The molecule has 3 aromatic rings. The fraction of sp³-hybridized carbons (Fsp3) is 0.333. The molecule has 1 saturated heterocycles. The van der Waals surface area contributed by atoms with Crippen LogP contribution >= 0.6 is 0 Å². The summed E-state index contributed by atoms with van der Waals surface area (Å²) in [6, 6.07) is 16.4. The molecule has 0 spiro atoms. The van der Waals surface area contributed by atoms with E-state index in [9.17, 15) is 5.11 Å². The summed E-state index contributed by atoms with van der Waals surface area (Å²) >= 11 is 0. The van der Waals surface area contributed by atoms with Gasteiger partial charge in [-0.1, -0.05) is 18.2 Å². The summed E-state index contributed by atoms with van der Waals surface area (Å²) in [5, 5.41) is 9.79.